The second-order valence-electron chi connectivity index (χ2n) is 6.13. The summed E-state index contributed by atoms with van der Waals surface area (Å²) in [5.41, 5.74) is -0.576. The van der Waals surface area contributed by atoms with Crippen molar-refractivity contribution in [2.24, 2.45) is 11.3 Å². The number of nitrogens with one attached hydrogen (secondary N) is 1. The van der Waals surface area contributed by atoms with Crippen LogP contribution >= 0.6 is 0 Å². The van der Waals surface area contributed by atoms with Crippen molar-refractivity contribution in [3.8, 4) is 6.07 Å². The summed E-state index contributed by atoms with van der Waals surface area (Å²) in [6, 6.07) is 5.43. The Kier molecular flexibility index (Phi) is 4.11. The quantitative estimate of drug-likeness (QED) is 0.857. The number of carboxylic acids is 1. The molecule has 126 valence electrons. The first-order valence-electron chi connectivity index (χ1n) is 7.49. The van der Waals surface area contributed by atoms with Crippen LogP contribution in [-0.4, -0.2) is 48.3 Å². The zero-order valence-corrected chi connectivity index (χ0v) is 12.8. The maximum atomic E-state index is 13.8. The minimum Gasteiger partial charge on any atom is -0.481 e. The molecule has 7 nitrogen and oxygen atoms in total. The number of likely N-dealkylation sites (tertiary alicyclic amines) is 1. The molecule has 2 fully saturated rings. The van der Waals surface area contributed by atoms with Crippen molar-refractivity contribution in [3.63, 3.8) is 0 Å². The van der Waals surface area contributed by atoms with E-state index in [9.17, 15) is 19.1 Å². The number of urea groups is 1. The van der Waals surface area contributed by atoms with Gasteiger partial charge in [-0.05, 0) is 12.1 Å². The van der Waals surface area contributed by atoms with Crippen LogP contribution in [0.15, 0.2) is 18.2 Å². The number of fused-ring (bicyclic) bond motifs is 1. The maximum Gasteiger partial charge on any atom is 0.317 e. The maximum absolute atomic E-state index is 13.8. The molecule has 0 saturated carbocycles. The number of carbonyl (C=O) groups excluding carboxylic acids is 1. The van der Waals surface area contributed by atoms with E-state index in [1.165, 1.54) is 17.0 Å². The standard InChI is InChI=1S/C16H16FN3O4/c17-13-3-10(4-18)1-2-11(13)5-19-15(23)20-6-12-7-24-9-16(12,8-20)14(21)22/h1-3,12H,5-9H2,(H,19,23)(H,21,22)/t12-,16-/m1/s1. The van der Waals surface area contributed by atoms with Crippen molar-refractivity contribution in [1.29, 1.82) is 5.26 Å². The second kappa shape index (κ2) is 6.09. The van der Waals surface area contributed by atoms with E-state index in [1.54, 1.807) is 0 Å². The Morgan fingerprint density at radius 2 is 2.33 bits per heavy atom. The van der Waals surface area contributed by atoms with Crippen LogP contribution in [0.25, 0.3) is 0 Å². The molecule has 0 radical (unpaired) electrons. The average molecular weight is 333 g/mol. The molecule has 0 spiro atoms. The molecule has 24 heavy (non-hydrogen) atoms. The zero-order valence-electron chi connectivity index (χ0n) is 12.8. The van der Waals surface area contributed by atoms with Crippen molar-refractivity contribution in [2.75, 3.05) is 26.3 Å². The summed E-state index contributed by atoms with van der Waals surface area (Å²) in [7, 11) is 0. The first kappa shape index (κ1) is 16.2. The van der Waals surface area contributed by atoms with Gasteiger partial charge in [0.15, 0.2) is 0 Å². The third kappa shape index (κ3) is 2.67. The Labute approximate surface area is 137 Å². The summed E-state index contributed by atoms with van der Waals surface area (Å²) in [5.74, 6) is -1.76. The number of hydrogen-bond donors (Lipinski definition) is 2. The van der Waals surface area contributed by atoms with Crippen LogP contribution in [0.2, 0.25) is 0 Å². The van der Waals surface area contributed by atoms with Gasteiger partial charge in [0.2, 0.25) is 0 Å². The van der Waals surface area contributed by atoms with Crippen LogP contribution in [0.4, 0.5) is 9.18 Å². The second-order valence-corrected chi connectivity index (χ2v) is 6.13. The van der Waals surface area contributed by atoms with Gasteiger partial charge in [0.25, 0.3) is 0 Å². The number of nitriles is 1. The monoisotopic (exact) mass is 333 g/mol. The topological polar surface area (TPSA) is 103 Å². The van der Waals surface area contributed by atoms with Gasteiger partial charge < -0.3 is 20.1 Å². The van der Waals surface area contributed by atoms with E-state index in [2.05, 4.69) is 5.32 Å². The van der Waals surface area contributed by atoms with E-state index in [-0.39, 0.29) is 36.7 Å². The highest BCUT2D eigenvalue weighted by atomic mass is 19.1. The number of carboxylic acid groups (broad SMARTS) is 1. The molecule has 1 aromatic carbocycles. The first-order chi connectivity index (χ1) is 11.5. The fourth-order valence-electron chi connectivity index (χ4n) is 3.24. The lowest BCUT2D eigenvalue weighted by molar-refractivity contribution is -0.149. The van der Waals surface area contributed by atoms with E-state index in [0.717, 1.165) is 6.07 Å². The summed E-state index contributed by atoms with van der Waals surface area (Å²) >= 11 is 0. The molecule has 3 rings (SSSR count). The normalized spacial score (nSPS) is 25.2. The Bertz CT molecular complexity index is 733. The van der Waals surface area contributed by atoms with Gasteiger partial charge in [-0.15, -0.1) is 0 Å². The number of benzene rings is 1. The smallest absolute Gasteiger partial charge is 0.317 e. The summed E-state index contributed by atoms with van der Waals surface area (Å²) in [6.45, 7) is 0.762. The van der Waals surface area contributed by atoms with Gasteiger partial charge in [-0.1, -0.05) is 6.07 Å². The van der Waals surface area contributed by atoms with Gasteiger partial charge in [-0.25, -0.2) is 9.18 Å². The van der Waals surface area contributed by atoms with E-state index in [4.69, 9.17) is 10.00 Å². The van der Waals surface area contributed by atoms with Gasteiger partial charge in [-0.3, -0.25) is 4.79 Å². The zero-order chi connectivity index (χ0) is 17.3. The lowest BCUT2D eigenvalue weighted by atomic mass is 9.81. The van der Waals surface area contributed by atoms with Crippen LogP contribution in [-0.2, 0) is 16.1 Å². The van der Waals surface area contributed by atoms with Crippen LogP contribution in [0.3, 0.4) is 0 Å². The summed E-state index contributed by atoms with van der Waals surface area (Å²) < 4.78 is 19.1. The van der Waals surface area contributed by atoms with Crippen molar-refractivity contribution in [3.05, 3.63) is 35.1 Å². The molecule has 0 aliphatic carbocycles. The highest BCUT2D eigenvalue weighted by Gasteiger charge is 2.57. The van der Waals surface area contributed by atoms with Gasteiger partial charge in [0.05, 0.1) is 24.8 Å². The van der Waals surface area contributed by atoms with Crippen LogP contribution in [0.1, 0.15) is 11.1 Å². The summed E-state index contributed by atoms with van der Waals surface area (Å²) in [6.07, 6.45) is 0. The predicted molar refractivity (Wildman–Crippen MR) is 79.3 cm³/mol. The first-order valence-corrected chi connectivity index (χ1v) is 7.49. The fourth-order valence-corrected chi connectivity index (χ4v) is 3.24. The molecule has 1 aromatic rings. The molecule has 2 N–H and O–H groups in total. The number of amides is 2. The van der Waals surface area contributed by atoms with E-state index >= 15 is 0 Å². The van der Waals surface area contributed by atoms with Crippen LogP contribution in [0, 0.1) is 28.5 Å². The minimum absolute atomic E-state index is 0.0336. The molecule has 0 bridgehead atoms. The highest BCUT2D eigenvalue weighted by molar-refractivity contribution is 5.80. The van der Waals surface area contributed by atoms with Gasteiger partial charge in [0, 0.05) is 31.1 Å². The van der Waals surface area contributed by atoms with Crippen molar-refractivity contribution >= 4 is 12.0 Å². The molecule has 2 aliphatic heterocycles. The lowest BCUT2D eigenvalue weighted by Gasteiger charge is -2.22. The molecular formula is C16H16FN3O4. The van der Waals surface area contributed by atoms with Gasteiger partial charge >= 0.3 is 12.0 Å². The van der Waals surface area contributed by atoms with Crippen molar-refractivity contribution < 1.29 is 23.8 Å². The molecule has 8 heteroatoms. The molecule has 2 atom stereocenters. The number of aliphatic carboxylic acids is 1. The van der Waals surface area contributed by atoms with Gasteiger partial charge in [0.1, 0.15) is 11.2 Å². The number of rotatable bonds is 3. The Morgan fingerprint density at radius 1 is 1.54 bits per heavy atom. The van der Waals surface area contributed by atoms with Crippen molar-refractivity contribution in [1.82, 2.24) is 10.2 Å². The lowest BCUT2D eigenvalue weighted by Crippen LogP contribution is -2.43. The predicted octanol–water partition coefficient (Wildman–Crippen LogP) is 0.940. The minimum atomic E-state index is -1.04. The third-order valence-electron chi connectivity index (χ3n) is 4.70. The molecule has 2 heterocycles. The number of nitrogens with zero attached hydrogens (tertiary/aromatic N) is 2. The van der Waals surface area contributed by atoms with Crippen LogP contribution < -0.4 is 5.32 Å². The SMILES string of the molecule is N#Cc1ccc(CNC(=O)N2C[C@@H]3COC[C@]3(C(=O)O)C2)c(F)c1. The fraction of sp³-hybridized carbons (Fsp3) is 0.438. The van der Waals surface area contributed by atoms with Gasteiger partial charge in [-0.2, -0.15) is 5.26 Å². The molecule has 0 unspecified atom stereocenters. The number of carbonyl (C=O) groups is 2. The largest absolute Gasteiger partial charge is 0.481 e. The summed E-state index contributed by atoms with van der Waals surface area (Å²) in [4.78, 5) is 25.2. The third-order valence-corrected chi connectivity index (χ3v) is 4.70. The molecule has 2 aliphatic rings. The molecule has 2 saturated heterocycles. The number of ether oxygens (including phenoxy) is 1. The summed E-state index contributed by atoms with van der Waals surface area (Å²) in [5, 5.41) is 20.8. The highest BCUT2D eigenvalue weighted by Crippen LogP contribution is 2.41. The van der Waals surface area contributed by atoms with Crippen molar-refractivity contribution in [2.45, 2.75) is 6.54 Å². The molecular weight excluding hydrogens is 317 g/mol. The van der Waals surface area contributed by atoms with E-state index < -0.39 is 23.2 Å². The Morgan fingerprint density at radius 3 is 2.96 bits per heavy atom. The van der Waals surface area contributed by atoms with E-state index in [0.29, 0.717) is 13.2 Å². The number of halogens is 1. The average Bonchev–Trinajstić information content (AvgIpc) is 3.11. The Balaban J connectivity index is 1.63. The van der Waals surface area contributed by atoms with Crippen LogP contribution in [0.5, 0.6) is 0 Å². The molecule has 2 amide bonds. The van der Waals surface area contributed by atoms with E-state index in [1.807, 2.05) is 6.07 Å². The number of hydrogen-bond acceptors (Lipinski definition) is 4. The Hall–Kier alpha value is -2.66. The molecule has 0 aromatic heterocycles.